The van der Waals surface area contributed by atoms with E-state index in [9.17, 15) is 0 Å². The Hall–Kier alpha value is -0.0800. The maximum Gasteiger partial charge on any atom is 0.122 e. The molecule has 0 bridgehead atoms. The van der Waals surface area contributed by atoms with E-state index in [1.165, 1.54) is 13.1 Å². The third-order valence-electron chi connectivity index (χ3n) is 3.06. The highest BCUT2D eigenvalue weighted by Crippen LogP contribution is 2.27. The number of likely N-dealkylation sites (tertiary alicyclic amines) is 1. The van der Waals surface area contributed by atoms with Gasteiger partial charge in [-0.2, -0.15) is 0 Å². The molecule has 0 radical (unpaired) electrons. The van der Waals surface area contributed by atoms with Gasteiger partial charge in [-0.1, -0.05) is 0 Å². The number of nitrogens with zero attached hydrogens (tertiary/aromatic N) is 1. The standard InChI is InChI=1S/C9H18N2/c1-7(2)11-5-8-3-10-4-9(8)6-11/h7-10H,3-6H2,1-2H3/i/hD. The minimum absolute atomic E-state index is 0.690. The number of nitrogens with one attached hydrogen (secondary N) is 1. The van der Waals surface area contributed by atoms with Crippen molar-refractivity contribution in [3.63, 3.8) is 0 Å². The lowest BCUT2D eigenvalue weighted by Gasteiger charge is -2.20. The molecule has 2 nitrogen and oxygen atoms in total. The van der Waals surface area contributed by atoms with E-state index in [-0.39, 0.29) is 0 Å². The van der Waals surface area contributed by atoms with Gasteiger partial charge in [-0.05, 0) is 38.8 Å². The predicted molar refractivity (Wildman–Crippen MR) is 46.6 cm³/mol. The fraction of sp³-hybridized carbons (Fsp3) is 1.00. The summed E-state index contributed by atoms with van der Waals surface area (Å²) in [6.45, 7) is 8.95. The molecule has 2 aliphatic rings. The Morgan fingerprint density at radius 3 is 2.36 bits per heavy atom. The molecular weight excluding hydrogens is 136 g/mol. The van der Waals surface area contributed by atoms with Crippen molar-refractivity contribution in [2.75, 3.05) is 26.2 Å². The Morgan fingerprint density at radius 1 is 1.36 bits per heavy atom. The maximum atomic E-state index is 7.52. The first-order chi connectivity index (χ1) is 5.66. The molecule has 2 heteroatoms. The molecule has 2 saturated heterocycles. The molecule has 0 aliphatic carbocycles. The topological polar surface area (TPSA) is 15.3 Å². The van der Waals surface area contributed by atoms with E-state index >= 15 is 0 Å². The van der Waals surface area contributed by atoms with Crippen molar-refractivity contribution in [1.82, 2.24) is 10.2 Å². The molecule has 2 rings (SSSR count). The minimum atomic E-state index is 0.690. The second kappa shape index (κ2) is 2.76. The van der Waals surface area contributed by atoms with Crippen molar-refractivity contribution in [1.29, 1.82) is 0 Å². The Balaban J connectivity index is 1.93. The lowest BCUT2D eigenvalue weighted by atomic mass is 10.0. The summed E-state index contributed by atoms with van der Waals surface area (Å²) in [6.07, 6.45) is 0. The van der Waals surface area contributed by atoms with Gasteiger partial charge in [-0.15, -0.1) is 0 Å². The molecule has 0 saturated carbocycles. The van der Waals surface area contributed by atoms with Crippen molar-refractivity contribution in [2.45, 2.75) is 19.9 Å². The summed E-state index contributed by atoms with van der Waals surface area (Å²) in [5, 5.41) is 1.73. The summed E-state index contributed by atoms with van der Waals surface area (Å²) in [5.41, 5.74) is 0. The fourth-order valence-electron chi connectivity index (χ4n) is 2.22. The highest BCUT2D eigenvalue weighted by atomic mass is 15.2. The third-order valence-corrected chi connectivity index (χ3v) is 3.06. The first-order valence-corrected chi connectivity index (χ1v) is 4.64. The van der Waals surface area contributed by atoms with Crippen LogP contribution >= 0.6 is 0 Å². The minimum Gasteiger partial charge on any atom is -0.316 e. The van der Waals surface area contributed by atoms with Gasteiger partial charge >= 0.3 is 0 Å². The molecule has 2 aliphatic heterocycles. The molecule has 0 aromatic rings. The fourth-order valence-corrected chi connectivity index (χ4v) is 2.22. The Labute approximate surface area is 70.4 Å². The van der Waals surface area contributed by atoms with Crippen LogP contribution in [0.4, 0.5) is 0 Å². The van der Waals surface area contributed by atoms with Gasteiger partial charge in [0.15, 0.2) is 0 Å². The van der Waals surface area contributed by atoms with Crippen LogP contribution in [0.15, 0.2) is 0 Å². The van der Waals surface area contributed by atoms with Crippen LogP contribution < -0.4 is 5.31 Å². The number of rotatable bonds is 1. The van der Waals surface area contributed by atoms with Crippen LogP contribution in [0.25, 0.3) is 0 Å². The van der Waals surface area contributed by atoms with Crippen LogP contribution in [-0.4, -0.2) is 37.1 Å². The van der Waals surface area contributed by atoms with E-state index in [4.69, 9.17) is 1.41 Å². The number of hydrogen-bond donors (Lipinski definition) is 1. The first kappa shape index (κ1) is 6.44. The molecule has 0 amide bonds. The molecular formula is C9H18N2. The average molecular weight is 155 g/mol. The Bertz CT molecular complexity index is 158. The van der Waals surface area contributed by atoms with Crippen molar-refractivity contribution < 1.29 is 1.41 Å². The van der Waals surface area contributed by atoms with Gasteiger partial charge in [-0.25, -0.2) is 0 Å². The molecule has 11 heavy (non-hydrogen) atoms. The van der Waals surface area contributed by atoms with Gasteiger partial charge < -0.3 is 10.2 Å². The molecule has 0 aromatic heterocycles. The molecule has 1 N–H and O–H groups in total. The van der Waals surface area contributed by atoms with E-state index in [2.05, 4.69) is 18.7 Å². The van der Waals surface area contributed by atoms with Crippen molar-refractivity contribution in [3.8, 4) is 0 Å². The zero-order chi connectivity index (χ0) is 8.72. The molecule has 64 valence electrons. The van der Waals surface area contributed by atoms with E-state index in [0.717, 1.165) is 24.9 Å². The van der Waals surface area contributed by atoms with E-state index in [1.54, 1.807) is 5.31 Å². The molecule has 2 heterocycles. The maximum absolute atomic E-state index is 7.52. The lowest BCUT2D eigenvalue weighted by molar-refractivity contribution is 0.256. The van der Waals surface area contributed by atoms with Crippen molar-refractivity contribution in [2.24, 2.45) is 11.8 Å². The quantitative estimate of drug-likeness (QED) is 0.595. The van der Waals surface area contributed by atoms with Crippen LogP contribution in [0.3, 0.4) is 0 Å². The Kier molecular flexibility index (Phi) is 1.61. The van der Waals surface area contributed by atoms with Crippen LogP contribution in [0, 0.1) is 11.8 Å². The Morgan fingerprint density at radius 2 is 1.91 bits per heavy atom. The summed E-state index contributed by atoms with van der Waals surface area (Å²) in [5.74, 6) is 1.56. The van der Waals surface area contributed by atoms with Gasteiger partial charge in [0.25, 0.3) is 0 Å². The number of fused-ring (bicyclic) bond motifs is 1. The largest absolute Gasteiger partial charge is 0.316 e. The second-order valence-corrected chi connectivity index (χ2v) is 4.16. The zero-order valence-corrected chi connectivity index (χ0v) is 7.45. The van der Waals surface area contributed by atoms with Crippen molar-refractivity contribution in [3.05, 3.63) is 0 Å². The second-order valence-electron chi connectivity index (χ2n) is 4.16. The molecule has 2 atom stereocenters. The summed E-state index contributed by atoms with van der Waals surface area (Å²) in [6, 6.07) is 0.690. The summed E-state index contributed by atoms with van der Waals surface area (Å²) in [4.78, 5) is 2.54. The summed E-state index contributed by atoms with van der Waals surface area (Å²) >= 11 is 0. The number of hydrogen-bond acceptors (Lipinski definition) is 2. The highest BCUT2D eigenvalue weighted by Gasteiger charge is 2.36. The third kappa shape index (κ3) is 1.30. The normalized spacial score (nSPS) is 41.5. The monoisotopic (exact) mass is 155 g/mol. The molecule has 2 unspecified atom stereocenters. The molecule has 0 aromatic carbocycles. The van der Waals surface area contributed by atoms with Gasteiger partial charge in [0.05, 0.1) is 0 Å². The van der Waals surface area contributed by atoms with Gasteiger partial charge in [0.2, 0.25) is 0 Å². The predicted octanol–water partition coefficient (Wildman–Crippen LogP) is 0.546. The first-order valence-electron chi connectivity index (χ1n) is 5.09. The van der Waals surface area contributed by atoms with E-state index < -0.39 is 0 Å². The van der Waals surface area contributed by atoms with E-state index in [1.807, 2.05) is 0 Å². The smallest absolute Gasteiger partial charge is 0.122 e. The summed E-state index contributed by atoms with van der Waals surface area (Å²) < 4.78 is 7.52. The lowest BCUT2D eigenvalue weighted by Crippen LogP contribution is -2.31. The van der Waals surface area contributed by atoms with Crippen LogP contribution in [0.5, 0.6) is 0 Å². The van der Waals surface area contributed by atoms with Gasteiger partial charge in [0, 0.05) is 19.1 Å². The SMILES string of the molecule is [2H]N1CC2CN(C(C)C)CC2C1. The van der Waals surface area contributed by atoms with E-state index in [0.29, 0.717) is 6.04 Å². The average Bonchev–Trinajstić information content (AvgIpc) is 2.42. The highest BCUT2D eigenvalue weighted by molar-refractivity contribution is 4.91. The molecule has 2 fully saturated rings. The van der Waals surface area contributed by atoms with Gasteiger partial charge in [-0.3, -0.25) is 0 Å². The molecule has 0 spiro atoms. The van der Waals surface area contributed by atoms with Gasteiger partial charge in [0.1, 0.15) is 1.41 Å². The zero-order valence-electron chi connectivity index (χ0n) is 8.45. The van der Waals surface area contributed by atoms with Crippen molar-refractivity contribution >= 4 is 0 Å². The van der Waals surface area contributed by atoms with Crippen LogP contribution in [-0.2, 0) is 0 Å². The van der Waals surface area contributed by atoms with Crippen LogP contribution in [0.2, 0.25) is 1.41 Å². The van der Waals surface area contributed by atoms with Crippen LogP contribution in [0.1, 0.15) is 13.8 Å². The summed E-state index contributed by atoms with van der Waals surface area (Å²) in [7, 11) is 0.